The molecule has 136 valence electrons. The van der Waals surface area contributed by atoms with Gasteiger partial charge < -0.3 is 15.0 Å². The summed E-state index contributed by atoms with van der Waals surface area (Å²) in [6.45, 7) is 1.89. The van der Waals surface area contributed by atoms with Crippen LogP contribution < -0.4 is 10.5 Å². The molecule has 0 saturated carbocycles. The molecule has 0 fully saturated rings. The number of primary amides is 1. The van der Waals surface area contributed by atoms with E-state index in [0.717, 1.165) is 39.4 Å². The minimum atomic E-state index is -0.535. The van der Waals surface area contributed by atoms with Crippen LogP contribution >= 0.6 is 0 Å². The Morgan fingerprint density at radius 2 is 1.96 bits per heavy atom. The molecule has 2 N–H and O–H groups in total. The second-order valence-corrected chi connectivity index (χ2v) is 6.45. The first-order valence-corrected chi connectivity index (χ1v) is 8.65. The Kier molecular flexibility index (Phi) is 4.24. The first-order chi connectivity index (χ1) is 13.1. The lowest BCUT2D eigenvalue weighted by Crippen LogP contribution is -2.15. The Balaban J connectivity index is 1.99. The number of rotatable bonds is 4. The average molecular weight is 361 g/mol. The van der Waals surface area contributed by atoms with E-state index < -0.39 is 11.9 Å². The fourth-order valence-corrected chi connectivity index (χ4v) is 3.46. The molecule has 2 heterocycles. The molecule has 0 spiro atoms. The summed E-state index contributed by atoms with van der Waals surface area (Å²) in [6, 6.07) is 15.1. The molecule has 2 aromatic carbocycles. The number of aliphatic imine (C=N–C) groups is 1. The highest BCUT2D eigenvalue weighted by Gasteiger charge is 2.31. The van der Waals surface area contributed by atoms with Crippen molar-refractivity contribution in [3.8, 4) is 16.9 Å². The van der Waals surface area contributed by atoms with Gasteiger partial charge in [0.2, 0.25) is 5.91 Å². The minimum absolute atomic E-state index is 0.0447. The zero-order chi connectivity index (χ0) is 19.0. The molecule has 6 heteroatoms. The van der Waals surface area contributed by atoms with Crippen molar-refractivity contribution in [2.45, 2.75) is 19.4 Å². The van der Waals surface area contributed by atoms with E-state index in [0.29, 0.717) is 5.76 Å². The lowest BCUT2D eigenvalue weighted by Gasteiger charge is -2.12. The monoisotopic (exact) mass is 361 g/mol. The summed E-state index contributed by atoms with van der Waals surface area (Å²) < 4.78 is 10.9. The van der Waals surface area contributed by atoms with E-state index in [1.165, 1.54) is 0 Å². The van der Waals surface area contributed by atoms with E-state index in [1.54, 1.807) is 7.11 Å². The van der Waals surface area contributed by atoms with E-state index in [4.69, 9.17) is 20.0 Å². The van der Waals surface area contributed by atoms with Gasteiger partial charge in [-0.25, -0.2) is 0 Å². The van der Waals surface area contributed by atoms with Gasteiger partial charge in [-0.05, 0) is 24.6 Å². The highest BCUT2D eigenvalue weighted by atomic mass is 16.5. The van der Waals surface area contributed by atoms with Crippen LogP contribution in [0.2, 0.25) is 0 Å². The van der Waals surface area contributed by atoms with Crippen LogP contribution in [0.5, 0.6) is 5.75 Å². The second kappa shape index (κ2) is 6.72. The third kappa shape index (κ3) is 2.99. The summed E-state index contributed by atoms with van der Waals surface area (Å²) in [6.07, 6.45) is 0.0447. The summed E-state index contributed by atoms with van der Waals surface area (Å²) in [5, 5.41) is 4.11. The number of hydrogen-bond donors (Lipinski definition) is 1. The molecule has 1 aliphatic heterocycles. The molecule has 1 amide bonds. The molecular formula is C21H19N3O3. The van der Waals surface area contributed by atoms with Crippen LogP contribution in [0, 0.1) is 6.92 Å². The van der Waals surface area contributed by atoms with Gasteiger partial charge in [0.15, 0.2) is 5.76 Å². The lowest BCUT2D eigenvalue weighted by molar-refractivity contribution is -0.118. The Hall–Kier alpha value is -3.41. The molecule has 1 aromatic heterocycles. The van der Waals surface area contributed by atoms with Gasteiger partial charge in [0.1, 0.15) is 11.8 Å². The van der Waals surface area contributed by atoms with Crippen LogP contribution in [0.15, 0.2) is 58.0 Å². The van der Waals surface area contributed by atoms with E-state index in [2.05, 4.69) is 5.16 Å². The number of nitrogens with zero attached hydrogens (tertiary/aromatic N) is 2. The van der Waals surface area contributed by atoms with Crippen LogP contribution in [-0.4, -0.2) is 23.9 Å². The van der Waals surface area contributed by atoms with Gasteiger partial charge >= 0.3 is 0 Å². The summed E-state index contributed by atoms with van der Waals surface area (Å²) in [5.41, 5.74) is 10.7. The molecule has 0 aliphatic carbocycles. The molecule has 0 radical (unpaired) electrons. The topological polar surface area (TPSA) is 90.7 Å². The van der Waals surface area contributed by atoms with E-state index >= 15 is 0 Å². The molecule has 1 aliphatic rings. The van der Waals surface area contributed by atoms with Crippen molar-refractivity contribution in [2.75, 3.05) is 7.11 Å². The summed E-state index contributed by atoms with van der Waals surface area (Å²) in [4.78, 5) is 16.6. The van der Waals surface area contributed by atoms with Gasteiger partial charge in [0.05, 0.1) is 30.5 Å². The predicted molar refractivity (Wildman–Crippen MR) is 102 cm³/mol. The van der Waals surface area contributed by atoms with Crippen LogP contribution in [0.1, 0.15) is 35.0 Å². The number of nitrogens with two attached hydrogens (primary N) is 1. The van der Waals surface area contributed by atoms with E-state index in [-0.39, 0.29) is 6.42 Å². The molecule has 27 heavy (non-hydrogen) atoms. The Morgan fingerprint density at radius 3 is 2.70 bits per heavy atom. The maximum atomic E-state index is 11.7. The van der Waals surface area contributed by atoms with Crippen molar-refractivity contribution in [1.29, 1.82) is 0 Å². The number of amides is 1. The van der Waals surface area contributed by atoms with Crippen molar-refractivity contribution in [3.63, 3.8) is 0 Å². The number of benzene rings is 2. The van der Waals surface area contributed by atoms with Crippen LogP contribution in [0.25, 0.3) is 11.1 Å². The number of fused-ring (bicyclic) bond motifs is 3. The highest BCUT2D eigenvalue weighted by Crippen LogP contribution is 2.40. The van der Waals surface area contributed by atoms with Crippen LogP contribution in [0.4, 0.5) is 0 Å². The summed E-state index contributed by atoms with van der Waals surface area (Å²) in [5.74, 6) is 0.856. The number of methoxy groups -OCH3 is 1. The van der Waals surface area contributed by atoms with Gasteiger partial charge in [0, 0.05) is 11.1 Å². The van der Waals surface area contributed by atoms with Crippen molar-refractivity contribution in [3.05, 3.63) is 71.1 Å². The number of carbonyl (C=O) groups excluding carboxylic acids is 1. The normalized spacial score (nSPS) is 15.3. The van der Waals surface area contributed by atoms with E-state index in [1.807, 2.05) is 55.5 Å². The standard InChI is InChI=1S/C21H19N3O3/c1-12-19-15-8-3-4-9-16(15)20(13-6-5-7-14(10-13)26-2)23-17(11-18(22)25)21(19)27-24-12/h3-10,17H,11H2,1-2H3,(H2,22,25)/t17-/m0/s1. The molecule has 6 nitrogen and oxygen atoms in total. The smallest absolute Gasteiger partial charge is 0.220 e. The molecule has 3 aromatic rings. The van der Waals surface area contributed by atoms with Crippen molar-refractivity contribution in [1.82, 2.24) is 5.16 Å². The molecule has 0 bridgehead atoms. The van der Waals surface area contributed by atoms with E-state index in [9.17, 15) is 4.79 Å². The first kappa shape index (κ1) is 17.0. The fourth-order valence-electron chi connectivity index (χ4n) is 3.46. The van der Waals surface area contributed by atoms with Crippen molar-refractivity contribution >= 4 is 11.6 Å². The molecule has 0 saturated heterocycles. The molecular weight excluding hydrogens is 342 g/mol. The third-order valence-corrected chi connectivity index (χ3v) is 4.67. The number of ether oxygens (including phenoxy) is 1. The summed E-state index contributed by atoms with van der Waals surface area (Å²) in [7, 11) is 1.63. The molecule has 4 rings (SSSR count). The Morgan fingerprint density at radius 1 is 1.19 bits per heavy atom. The number of aromatic nitrogens is 1. The fraction of sp³-hybridized carbons (Fsp3) is 0.190. The second-order valence-electron chi connectivity index (χ2n) is 6.45. The minimum Gasteiger partial charge on any atom is -0.497 e. The first-order valence-electron chi connectivity index (χ1n) is 8.65. The number of hydrogen-bond acceptors (Lipinski definition) is 5. The predicted octanol–water partition coefficient (Wildman–Crippen LogP) is 3.43. The number of aryl methyl sites for hydroxylation is 1. The SMILES string of the molecule is COc1cccc(C2=N[C@@H](CC(N)=O)c3onc(C)c3-c3ccccc32)c1. The van der Waals surface area contributed by atoms with Crippen LogP contribution in [0.3, 0.4) is 0 Å². The maximum absolute atomic E-state index is 11.7. The highest BCUT2D eigenvalue weighted by molar-refractivity contribution is 6.17. The molecule has 0 unspecified atom stereocenters. The lowest BCUT2D eigenvalue weighted by atomic mass is 9.93. The molecule has 1 atom stereocenters. The zero-order valence-electron chi connectivity index (χ0n) is 15.1. The van der Waals surface area contributed by atoms with Gasteiger partial charge in [-0.3, -0.25) is 9.79 Å². The van der Waals surface area contributed by atoms with Gasteiger partial charge in [-0.2, -0.15) is 0 Å². The Labute approximate surface area is 156 Å². The van der Waals surface area contributed by atoms with Crippen LogP contribution in [-0.2, 0) is 4.79 Å². The third-order valence-electron chi connectivity index (χ3n) is 4.67. The quantitative estimate of drug-likeness (QED) is 0.771. The van der Waals surface area contributed by atoms with Gasteiger partial charge in [-0.1, -0.05) is 41.6 Å². The average Bonchev–Trinajstić information content (AvgIpc) is 2.99. The zero-order valence-corrected chi connectivity index (χ0v) is 15.1. The maximum Gasteiger partial charge on any atom is 0.220 e. The summed E-state index contributed by atoms with van der Waals surface area (Å²) >= 11 is 0. The van der Waals surface area contributed by atoms with Crippen molar-refractivity contribution in [2.24, 2.45) is 10.7 Å². The van der Waals surface area contributed by atoms with Gasteiger partial charge in [-0.15, -0.1) is 0 Å². The Bertz CT molecular complexity index is 1050. The van der Waals surface area contributed by atoms with Gasteiger partial charge in [0.25, 0.3) is 0 Å². The van der Waals surface area contributed by atoms with Crippen molar-refractivity contribution < 1.29 is 14.1 Å². The largest absolute Gasteiger partial charge is 0.497 e. The number of carbonyl (C=O) groups is 1.